The Kier molecular flexibility index (Phi) is 5.15. The first-order valence-corrected chi connectivity index (χ1v) is 8.92. The molecule has 2 rings (SSSR count). The molecule has 21 heavy (non-hydrogen) atoms. The van der Waals surface area contributed by atoms with E-state index in [1.54, 1.807) is 13.1 Å². The maximum Gasteiger partial charge on any atom is 0.241 e. The van der Waals surface area contributed by atoms with Gasteiger partial charge < -0.3 is 5.11 Å². The van der Waals surface area contributed by atoms with Gasteiger partial charge in [-0.2, -0.15) is 5.10 Å². The molecule has 0 spiro atoms. The fourth-order valence-electron chi connectivity index (χ4n) is 2.06. The molecule has 116 valence electrons. The summed E-state index contributed by atoms with van der Waals surface area (Å²) < 4.78 is 27.0. The molecule has 0 bridgehead atoms. The molecule has 0 atom stereocenters. The molecule has 0 aliphatic rings. The minimum absolute atomic E-state index is 0.138. The van der Waals surface area contributed by atoms with Crippen LogP contribution in [0.2, 0.25) is 0 Å². The van der Waals surface area contributed by atoms with Gasteiger partial charge in [-0.25, -0.2) is 13.1 Å². The molecular formula is C13H19N3O3S2. The molecule has 0 radical (unpaired) electrons. The van der Waals surface area contributed by atoms with E-state index in [0.717, 1.165) is 17.7 Å². The molecule has 2 heterocycles. The average Bonchev–Trinajstić information content (AvgIpc) is 3.01. The zero-order chi connectivity index (χ0) is 15.5. The topological polar surface area (TPSA) is 95.1 Å². The minimum atomic E-state index is -3.51. The normalized spacial score (nSPS) is 12.0. The van der Waals surface area contributed by atoms with Crippen molar-refractivity contribution < 1.29 is 13.5 Å². The SMILES string of the molecule is Cc1[nH]ncc1CCCNS(=O)(=O)c1cc(CO)sc1C. The lowest BCUT2D eigenvalue weighted by Gasteiger charge is -2.06. The molecule has 0 saturated carbocycles. The molecule has 0 aliphatic carbocycles. The Morgan fingerprint density at radius 1 is 1.43 bits per heavy atom. The highest BCUT2D eigenvalue weighted by molar-refractivity contribution is 7.89. The maximum atomic E-state index is 12.2. The number of rotatable bonds is 7. The van der Waals surface area contributed by atoms with Crippen LogP contribution in [0.15, 0.2) is 17.2 Å². The molecule has 3 N–H and O–H groups in total. The van der Waals surface area contributed by atoms with Gasteiger partial charge in [-0.1, -0.05) is 0 Å². The summed E-state index contributed by atoms with van der Waals surface area (Å²) in [7, 11) is -3.51. The molecule has 0 unspecified atom stereocenters. The Hall–Kier alpha value is -1.22. The molecule has 0 saturated heterocycles. The highest BCUT2D eigenvalue weighted by Crippen LogP contribution is 2.25. The number of aliphatic hydroxyl groups is 1. The number of thiophene rings is 1. The van der Waals surface area contributed by atoms with Gasteiger partial charge in [0, 0.05) is 22.0 Å². The van der Waals surface area contributed by atoms with Gasteiger partial charge in [-0.05, 0) is 38.3 Å². The molecule has 8 heteroatoms. The van der Waals surface area contributed by atoms with Crippen LogP contribution >= 0.6 is 11.3 Å². The molecule has 0 aromatic carbocycles. The first-order valence-electron chi connectivity index (χ1n) is 6.62. The second-order valence-electron chi connectivity index (χ2n) is 4.81. The van der Waals surface area contributed by atoms with Gasteiger partial charge in [0.25, 0.3) is 0 Å². The molecule has 0 amide bonds. The zero-order valence-electron chi connectivity index (χ0n) is 12.0. The summed E-state index contributed by atoms with van der Waals surface area (Å²) in [6.45, 7) is 3.92. The van der Waals surface area contributed by atoms with Gasteiger partial charge in [0.05, 0.1) is 17.7 Å². The van der Waals surface area contributed by atoms with Crippen LogP contribution in [0.4, 0.5) is 0 Å². The maximum absolute atomic E-state index is 12.2. The van der Waals surface area contributed by atoms with Crippen molar-refractivity contribution in [2.75, 3.05) is 6.54 Å². The monoisotopic (exact) mass is 329 g/mol. The second kappa shape index (κ2) is 6.69. The summed E-state index contributed by atoms with van der Waals surface area (Å²) in [5, 5.41) is 15.9. The Labute approximate surface area is 128 Å². The van der Waals surface area contributed by atoms with E-state index in [9.17, 15) is 8.42 Å². The number of nitrogens with one attached hydrogen (secondary N) is 2. The lowest BCUT2D eigenvalue weighted by molar-refractivity contribution is 0.285. The van der Waals surface area contributed by atoms with Gasteiger partial charge >= 0.3 is 0 Å². The fourth-order valence-corrected chi connectivity index (χ4v) is 4.63. The lowest BCUT2D eigenvalue weighted by atomic mass is 10.1. The van der Waals surface area contributed by atoms with Gasteiger partial charge in [0.1, 0.15) is 0 Å². The largest absolute Gasteiger partial charge is 0.391 e. The third-order valence-electron chi connectivity index (χ3n) is 3.22. The second-order valence-corrected chi connectivity index (χ2v) is 7.89. The highest BCUT2D eigenvalue weighted by atomic mass is 32.2. The van der Waals surface area contributed by atoms with E-state index in [1.165, 1.54) is 17.4 Å². The van der Waals surface area contributed by atoms with Crippen molar-refractivity contribution in [3.8, 4) is 0 Å². The van der Waals surface area contributed by atoms with E-state index in [2.05, 4.69) is 14.9 Å². The van der Waals surface area contributed by atoms with E-state index < -0.39 is 10.0 Å². The predicted octanol–water partition coefficient (Wildman–Crippen LogP) is 1.49. The van der Waals surface area contributed by atoms with Crippen LogP contribution in [-0.4, -0.2) is 30.3 Å². The number of H-pyrrole nitrogens is 1. The number of aryl methyl sites for hydroxylation is 3. The minimum Gasteiger partial charge on any atom is -0.391 e. The average molecular weight is 329 g/mol. The summed E-state index contributed by atoms with van der Waals surface area (Å²) in [5.41, 5.74) is 2.11. The first-order chi connectivity index (χ1) is 9.94. The molecule has 2 aromatic rings. The van der Waals surface area contributed by atoms with Gasteiger partial charge in [-0.3, -0.25) is 5.10 Å². The van der Waals surface area contributed by atoms with E-state index in [1.807, 2.05) is 6.92 Å². The highest BCUT2D eigenvalue weighted by Gasteiger charge is 2.19. The summed E-state index contributed by atoms with van der Waals surface area (Å²) in [5.74, 6) is 0. The molecule has 0 fully saturated rings. The van der Waals surface area contributed by atoms with E-state index in [0.29, 0.717) is 22.7 Å². The van der Waals surface area contributed by atoms with Crippen LogP contribution in [0.1, 0.15) is 27.4 Å². The zero-order valence-corrected chi connectivity index (χ0v) is 13.6. The smallest absolute Gasteiger partial charge is 0.241 e. The summed E-state index contributed by atoms with van der Waals surface area (Å²) in [6.07, 6.45) is 3.24. The standard InChI is InChI=1S/C13H19N3O3S2/c1-9-11(7-14-16-9)4-3-5-15-21(18,19)13-6-12(8-17)20-10(13)2/h6-7,15,17H,3-5,8H2,1-2H3,(H,14,16). The van der Waals surface area contributed by atoms with Gasteiger partial charge in [-0.15, -0.1) is 11.3 Å². The van der Waals surface area contributed by atoms with Crippen LogP contribution in [-0.2, 0) is 23.1 Å². The Bertz CT molecular complexity index is 704. The first kappa shape index (κ1) is 16.2. The molecule has 6 nitrogen and oxygen atoms in total. The Balaban J connectivity index is 1.92. The Morgan fingerprint density at radius 3 is 2.76 bits per heavy atom. The van der Waals surface area contributed by atoms with Gasteiger partial charge in [0.15, 0.2) is 0 Å². The summed E-state index contributed by atoms with van der Waals surface area (Å²) in [4.78, 5) is 1.61. The van der Waals surface area contributed by atoms with Crippen molar-refractivity contribution in [3.63, 3.8) is 0 Å². The third-order valence-corrected chi connectivity index (χ3v) is 5.97. The number of hydrogen-bond donors (Lipinski definition) is 3. The van der Waals surface area contributed by atoms with Crippen molar-refractivity contribution >= 4 is 21.4 Å². The Morgan fingerprint density at radius 2 is 2.19 bits per heavy atom. The quantitative estimate of drug-likeness (QED) is 0.671. The van der Waals surface area contributed by atoms with Crippen LogP contribution in [0.25, 0.3) is 0 Å². The fraction of sp³-hybridized carbons (Fsp3) is 0.462. The number of nitrogens with zero attached hydrogens (tertiary/aromatic N) is 1. The van der Waals surface area contributed by atoms with Crippen molar-refractivity contribution in [2.24, 2.45) is 0 Å². The van der Waals surface area contributed by atoms with E-state index in [-0.39, 0.29) is 11.5 Å². The van der Waals surface area contributed by atoms with E-state index in [4.69, 9.17) is 5.11 Å². The number of aromatic amines is 1. The van der Waals surface area contributed by atoms with Gasteiger partial charge in [0.2, 0.25) is 10.0 Å². The van der Waals surface area contributed by atoms with Crippen LogP contribution in [0, 0.1) is 13.8 Å². The molecular weight excluding hydrogens is 310 g/mol. The molecule has 0 aliphatic heterocycles. The van der Waals surface area contributed by atoms with Crippen molar-refractivity contribution in [1.82, 2.24) is 14.9 Å². The van der Waals surface area contributed by atoms with Crippen LogP contribution < -0.4 is 4.72 Å². The third kappa shape index (κ3) is 3.91. The van der Waals surface area contributed by atoms with E-state index >= 15 is 0 Å². The number of aromatic nitrogens is 2. The van der Waals surface area contributed by atoms with Crippen molar-refractivity contribution in [3.05, 3.63) is 33.3 Å². The van der Waals surface area contributed by atoms with Crippen molar-refractivity contribution in [1.29, 1.82) is 0 Å². The van der Waals surface area contributed by atoms with Crippen LogP contribution in [0.5, 0.6) is 0 Å². The molecule has 2 aromatic heterocycles. The summed E-state index contributed by atoms with van der Waals surface area (Å²) in [6, 6.07) is 1.53. The number of aliphatic hydroxyl groups excluding tert-OH is 1. The summed E-state index contributed by atoms with van der Waals surface area (Å²) >= 11 is 1.30. The number of hydrogen-bond acceptors (Lipinski definition) is 5. The predicted molar refractivity (Wildman–Crippen MR) is 81.8 cm³/mol. The lowest BCUT2D eigenvalue weighted by Crippen LogP contribution is -2.25. The van der Waals surface area contributed by atoms with Crippen molar-refractivity contribution in [2.45, 2.75) is 38.2 Å². The number of sulfonamides is 1. The van der Waals surface area contributed by atoms with Crippen LogP contribution in [0.3, 0.4) is 0 Å².